The third kappa shape index (κ3) is 5.29. The predicted molar refractivity (Wildman–Crippen MR) is 221 cm³/mol. The second-order valence-electron chi connectivity index (χ2n) is 13.3. The first kappa shape index (κ1) is 31.1. The minimum absolute atomic E-state index is 0.423. The molecule has 10 aromatic rings. The number of aryl methyl sites for hydroxylation is 1. The van der Waals surface area contributed by atoms with Gasteiger partial charge >= 0.3 is 0 Å². The van der Waals surface area contributed by atoms with Crippen molar-refractivity contribution in [1.29, 1.82) is 5.41 Å². The molecular weight excluding hydrogens is 633 g/mol. The van der Waals surface area contributed by atoms with Gasteiger partial charge < -0.3 is 20.1 Å². The van der Waals surface area contributed by atoms with E-state index in [0.717, 1.165) is 11.1 Å². The molecule has 0 spiro atoms. The van der Waals surface area contributed by atoms with Crippen LogP contribution in [-0.4, -0.2) is 14.7 Å². The SMILES string of the molecule is Cc1cccc(-n2c3ccccc3c3cc4c(cc32)cc2c3ccccc3c3ccccc3n42)c1.N=C(/C=C(\N)c1ccccc1)c1ccccc1. The van der Waals surface area contributed by atoms with Gasteiger partial charge in [-0.2, -0.15) is 0 Å². The number of fused-ring (bicyclic) bond motifs is 11. The standard InChI is InChI=1S/C33H22N2.C15H14N2/c1-21-9-8-10-23(17-21)34-29-15-6-5-14-27(29)28-20-31-22(19-33(28)34)18-32-26-13-3-2-11-24(26)25-12-4-7-16-30(25)35(31)32;16-14(12-7-3-1-4-8-12)11-15(17)13-9-5-2-6-10-13/h2-20H,1H3;1-11,16H,17H2/b;15-11-,16-14?. The number of benzene rings is 7. The van der Waals surface area contributed by atoms with Crippen LogP contribution in [0.5, 0.6) is 0 Å². The van der Waals surface area contributed by atoms with Gasteiger partial charge in [-0.3, -0.25) is 0 Å². The number of nitrogens with zero attached hydrogens (tertiary/aromatic N) is 2. The fourth-order valence-corrected chi connectivity index (χ4v) is 7.58. The Morgan fingerprint density at radius 3 is 1.73 bits per heavy atom. The maximum atomic E-state index is 7.95. The van der Waals surface area contributed by atoms with Crippen molar-refractivity contribution in [2.24, 2.45) is 5.73 Å². The summed E-state index contributed by atoms with van der Waals surface area (Å²) < 4.78 is 4.86. The monoisotopic (exact) mass is 668 g/mol. The van der Waals surface area contributed by atoms with Gasteiger partial charge in [0, 0.05) is 38.3 Å². The Morgan fingerprint density at radius 1 is 0.481 bits per heavy atom. The van der Waals surface area contributed by atoms with Gasteiger partial charge in [-0.05, 0) is 77.5 Å². The van der Waals surface area contributed by atoms with Crippen LogP contribution in [0, 0.1) is 12.3 Å². The number of pyridine rings is 1. The quantitative estimate of drug-likeness (QED) is 0.142. The average molecular weight is 669 g/mol. The summed E-state index contributed by atoms with van der Waals surface area (Å²) >= 11 is 0. The van der Waals surface area contributed by atoms with E-state index in [9.17, 15) is 0 Å². The van der Waals surface area contributed by atoms with Crippen molar-refractivity contribution in [1.82, 2.24) is 8.97 Å². The third-order valence-electron chi connectivity index (χ3n) is 9.98. The van der Waals surface area contributed by atoms with Gasteiger partial charge in [-0.1, -0.05) is 133 Å². The van der Waals surface area contributed by atoms with E-state index in [4.69, 9.17) is 11.1 Å². The Hall–Kier alpha value is -6.91. The highest BCUT2D eigenvalue weighted by atomic mass is 15.0. The molecule has 4 heteroatoms. The Kier molecular flexibility index (Phi) is 7.63. The summed E-state index contributed by atoms with van der Waals surface area (Å²) in [7, 11) is 0. The topological polar surface area (TPSA) is 59.2 Å². The van der Waals surface area contributed by atoms with E-state index >= 15 is 0 Å². The smallest absolute Gasteiger partial charge is 0.0632 e. The molecule has 3 heterocycles. The number of hydrogen-bond acceptors (Lipinski definition) is 2. The minimum atomic E-state index is 0.423. The fourth-order valence-electron chi connectivity index (χ4n) is 7.58. The summed E-state index contributed by atoms with van der Waals surface area (Å²) in [5.74, 6) is 0. The molecule has 0 radical (unpaired) electrons. The Balaban J connectivity index is 0.000000179. The van der Waals surface area contributed by atoms with E-state index in [0.29, 0.717) is 11.4 Å². The fraction of sp³-hybridized carbons (Fsp3) is 0.0208. The molecule has 0 aliphatic heterocycles. The lowest BCUT2D eigenvalue weighted by molar-refractivity contribution is 1.17. The summed E-state index contributed by atoms with van der Waals surface area (Å²) in [4.78, 5) is 0. The Labute approximate surface area is 301 Å². The van der Waals surface area contributed by atoms with Crippen molar-refractivity contribution in [3.8, 4) is 5.69 Å². The number of nitrogens with two attached hydrogens (primary N) is 1. The van der Waals surface area contributed by atoms with Gasteiger partial charge in [0.2, 0.25) is 0 Å². The van der Waals surface area contributed by atoms with Crippen LogP contribution in [0.25, 0.3) is 71.3 Å². The predicted octanol–water partition coefficient (Wildman–Crippen LogP) is 11.9. The molecule has 3 N–H and O–H groups in total. The zero-order chi connectivity index (χ0) is 35.2. The first-order valence-corrected chi connectivity index (χ1v) is 17.6. The van der Waals surface area contributed by atoms with Crippen molar-refractivity contribution >= 4 is 71.3 Å². The summed E-state index contributed by atoms with van der Waals surface area (Å²) in [5.41, 5.74) is 17.5. The van der Waals surface area contributed by atoms with Crippen LogP contribution in [0.4, 0.5) is 0 Å². The lowest BCUT2D eigenvalue weighted by Crippen LogP contribution is -2.02. The summed E-state index contributed by atoms with van der Waals surface area (Å²) in [6.07, 6.45) is 1.69. The van der Waals surface area contributed by atoms with Crippen LogP contribution in [0.3, 0.4) is 0 Å². The number of para-hydroxylation sites is 2. The van der Waals surface area contributed by atoms with E-state index in [1.165, 1.54) is 71.2 Å². The molecule has 7 aromatic carbocycles. The van der Waals surface area contributed by atoms with E-state index < -0.39 is 0 Å². The lowest BCUT2D eigenvalue weighted by atomic mass is 10.1. The molecule has 0 fully saturated rings. The van der Waals surface area contributed by atoms with Gasteiger partial charge in [-0.25, -0.2) is 0 Å². The van der Waals surface area contributed by atoms with Crippen LogP contribution in [0.15, 0.2) is 182 Å². The van der Waals surface area contributed by atoms with E-state index in [1.54, 1.807) is 6.08 Å². The molecule has 0 bridgehead atoms. The number of nitrogens with one attached hydrogen (secondary N) is 1. The van der Waals surface area contributed by atoms with E-state index in [-0.39, 0.29) is 0 Å². The minimum Gasteiger partial charge on any atom is -0.398 e. The number of hydrogen-bond donors (Lipinski definition) is 2. The zero-order valence-electron chi connectivity index (χ0n) is 28.8. The summed E-state index contributed by atoms with van der Waals surface area (Å²) in [6.45, 7) is 2.16. The summed E-state index contributed by atoms with van der Waals surface area (Å²) in [5, 5.41) is 15.7. The highest BCUT2D eigenvalue weighted by Crippen LogP contribution is 2.39. The molecule has 4 nitrogen and oxygen atoms in total. The molecule has 0 aliphatic carbocycles. The normalized spacial score (nSPS) is 11.8. The molecule has 10 rings (SSSR count). The van der Waals surface area contributed by atoms with Crippen molar-refractivity contribution in [2.75, 3.05) is 0 Å². The molecule has 0 atom stereocenters. The van der Waals surface area contributed by atoms with Gasteiger partial charge in [-0.15, -0.1) is 0 Å². The average Bonchev–Trinajstić information content (AvgIpc) is 3.73. The van der Waals surface area contributed by atoms with E-state index in [2.05, 4.69) is 131 Å². The zero-order valence-corrected chi connectivity index (χ0v) is 28.8. The summed E-state index contributed by atoms with van der Waals surface area (Å²) in [6, 6.07) is 61.5. The second kappa shape index (κ2) is 12.8. The highest BCUT2D eigenvalue weighted by molar-refractivity contribution is 6.19. The lowest BCUT2D eigenvalue weighted by Gasteiger charge is -2.10. The molecular formula is C48H36N4. The van der Waals surface area contributed by atoms with Crippen molar-refractivity contribution < 1.29 is 0 Å². The molecule has 52 heavy (non-hydrogen) atoms. The Bertz CT molecular complexity index is 2980. The van der Waals surface area contributed by atoms with Crippen molar-refractivity contribution in [3.05, 3.63) is 199 Å². The van der Waals surface area contributed by atoms with Gasteiger partial charge in [0.1, 0.15) is 0 Å². The Morgan fingerprint density at radius 2 is 1.04 bits per heavy atom. The van der Waals surface area contributed by atoms with E-state index in [1.807, 2.05) is 60.7 Å². The molecule has 0 saturated carbocycles. The molecule has 3 aromatic heterocycles. The second-order valence-corrected chi connectivity index (χ2v) is 13.3. The molecule has 0 aliphatic rings. The first-order valence-electron chi connectivity index (χ1n) is 17.6. The number of aromatic nitrogens is 2. The van der Waals surface area contributed by atoms with Crippen LogP contribution in [0.2, 0.25) is 0 Å². The molecule has 0 amide bonds. The van der Waals surface area contributed by atoms with Crippen LogP contribution >= 0.6 is 0 Å². The third-order valence-corrected chi connectivity index (χ3v) is 9.98. The van der Waals surface area contributed by atoms with Gasteiger partial charge in [0.05, 0.1) is 33.3 Å². The van der Waals surface area contributed by atoms with Crippen molar-refractivity contribution in [2.45, 2.75) is 6.92 Å². The van der Waals surface area contributed by atoms with Gasteiger partial charge in [0.15, 0.2) is 0 Å². The molecule has 0 saturated heterocycles. The van der Waals surface area contributed by atoms with Crippen LogP contribution in [0.1, 0.15) is 16.7 Å². The number of rotatable bonds is 4. The maximum absolute atomic E-state index is 7.95. The molecule has 248 valence electrons. The van der Waals surface area contributed by atoms with Crippen molar-refractivity contribution in [3.63, 3.8) is 0 Å². The highest BCUT2D eigenvalue weighted by Gasteiger charge is 2.17. The first-order chi connectivity index (χ1) is 25.5. The number of allylic oxidation sites excluding steroid dienone is 1. The van der Waals surface area contributed by atoms with Crippen LogP contribution < -0.4 is 5.73 Å². The molecule has 0 unspecified atom stereocenters. The van der Waals surface area contributed by atoms with Crippen LogP contribution in [-0.2, 0) is 0 Å². The largest absolute Gasteiger partial charge is 0.398 e. The maximum Gasteiger partial charge on any atom is 0.0632 e. The van der Waals surface area contributed by atoms with Gasteiger partial charge in [0.25, 0.3) is 0 Å².